The molecule has 2 saturated carbocycles. The van der Waals surface area contributed by atoms with Gasteiger partial charge in [0.2, 0.25) is 0 Å². The monoisotopic (exact) mass is 369 g/mol. The van der Waals surface area contributed by atoms with Gasteiger partial charge in [-0.3, -0.25) is 0 Å². The highest BCUT2D eigenvalue weighted by molar-refractivity contribution is 5.33. The van der Waals surface area contributed by atoms with Gasteiger partial charge >= 0.3 is 0 Å². The molecule has 148 valence electrons. The first-order valence-electron chi connectivity index (χ1n) is 11.4. The average molecular weight is 370 g/mol. The second-order valence-electron chi connectivity index (χ2n) is 9.17. The van der Waals surface area contributed by atoms with Crippen LogP contribution in [0.3, 0.4) is 0 Å². The molecule has 0 radical (unpaired) electrons. The smallest absolute Gasteiger partial charge is 0.141 e. The van der Waals surface area contributed by atoms with Crippen LogP contribution in [0.15, 0.2) is 18.2 Å². The van der Waals surface area contributed by atoms with Gasteiger partial charge in [0.15, 0.2) is 0 Å². The molecule has 0 spiro atoms. The Balaban J connectivity index is 1.37. The second-order valence-corrected chi connectivity index (χ2v) is 9.17. The lowest BCUT2D eigenvalue weighted by Gasteiger charge is -2.38. The van der Waals surface area contributed by atoms with Gasteiger partial charge in [0, 0.05) is 0 Å². The fourth-order valence-electron chi connectivity index (χ4n) is 5.57. The first-order chi connectivity index (χ1) is 13.2. The van der Waals surface area contributed by atoms with Gasteiger partial charge in [0.25, 0.3) is 0 Å². The Morgan fingerprint density at radius 2 is 1.52 bits per heavy atom. The van der Waals surface area contributed by atoms with Crippen LogP contribution in [0, 0.1) is 40.8 Å². The Morgan fingerprint density at radius 1 is 0.926 bits per heavy atom. The zero-order valence-corrected chi connectivity index (χ0v) is 17.1. The van der Waals surface area contributed by atoms with Gasteiger partial charge in [-0.15, -0.1) is 0 Å². The lowest BCUT2D eigenvalue weighted by Crippen LogP contribution is -2.26. The molecule has 0 saturated heterocycles. The van der Waals surface area contributed by atoms with Crippen molar-refractivity contribution in [3.63, 3.8) is 0 Å². The summed E-state index contributed by atoms with van der Waals surface area (Å²) < 4.78 is 13.7. The molecule has 1 aromatic carbocycles. The van der Waals surface area contributed by atoms with E-state index in [2.05, 4.69) is 6.92 Å². The highest BCUT2D eigenvalue weighted by atomic mass is 19.1. The largest absolute Gasteiger partial charge is 0.206 e. The Bertz CT molecular complexity index is 616. The number of halogens is 1. The molecule has 27 heavy (non-hydrogen) atoms. The summed E-state index contributed by atoms with van der Waals surface area (Å²) in [5.74, 6) is 3.43. The Kier molecular flexibility index (Phi) is 7.74. The fourth-order valence-corrected chi connectivity index (χ4v) is 5.57. The predicted octanol–water partition coefficient (Wildman–Crippen LogP) is 7.43. The van der Waals surface area contributed by atoms with Crippen molar-refractivity contribution in [1.82, 2.24) is 0 Å². The van der Waals surface area contributed by atoms with Gasteiger partial charge in [0.1, 0.15) is 11.9 Å². The maximum Gasteiger partial charge on any atom is 0.141 e. The highest BCUT2D eigenvalue weighted by Gasteiger charge is 2.30. The normalized spacial score (nSPS) is 28.6. The topological polar surface area (TPSA) is 23.8 Å². The molecule has 2 aliphatic carbocycles. The number of hydrogen-bond donors (Lipinski definition) is 0. The van der Waals surface area contributed by atoms with Gasteiger partial charge in [-0.1, -0.05) is 57.9 Å². The van der Waals surface area contributed by atoms with E-state index in [9.17, 15) is 4.39 Å². The van der Waals surface area contributed by atoms with Crippen molar-refractivity contribution in [2.75, 3.05) is 0 Å². The van der Waals surface area contributed by atoms with Crippen LogP contribution in [0.5, 0.6) is 0 Å². The summed E-state index contributed by atoms with van der Waals surface area (Å²) in [6.45, 7) is 2.31. The molecule has 0 amide bonds. The van der Waals surface area contributed by atoms with Crippen LogP contribution in [0.1, 0.15) is 95.1 Å². The zero-order chi connectivity index (χ0) is 19.1. The quantitative estimate of drug-likeness (QED) is 0.490. The van der Waals surface area contributed by atoms with E-state index in [1.54, 1.807) is 12.1 Å². The average Bonchev–Trinajstić information content (AvgIpc) is 2.71. The van der Waals surface area contributed by atoms with Crippen molar-refractivity contribution in [2.24, 2.45) is 23.7 Å². The molecule has 0 N–H and O–H groups in total. The van der Waals surface area contributed by atoms with Crippen molar-refractivity contribution in [1.29, 1.82) is 5.26 Å². The molecule has 0 bridgehead atoms. The van der Waals surface area contributed by atoms with Crippen LogP contribution in [0.25, 0.3) is 0 Å². The molecular formula is C25H36FN. The van der Waals surface area contributed by atoms with E-state index in [0.29, 0.717) is 0 Å². The van der Waals surface area contributed by atoms with E-state index >= 15 is 0 Å². The number of benzene rings is 1. The summed E-state index contributed by atoms with van der Waals surface area (Å²) in [6.07, 6.45) is 17.8. The number of nitrogens with zero attached hydrogens (tertiary/aromatic N) is 1. The molecule has 0 atom stereocenters. The first kappa shape index (κ1) is 20.4. The Morgan fingerprint density at radius 3 is 2.04 bits per heavy atom. The van der Waals surface area contributed by atoms with Crippen molar-refractivity contribution >= 4 is 0 Å². The molecule has 3 rings (SSSR count). The standard InChI is InChI=1S/C25H36FN/c1-2-3-4-19-7-12-22(13-8-19)23-14-9-20(10-15-23)5-6-21-11-16-24(18-27)25(26)17-21/h11,16-17,19-20,22-23H,2-10,12-15H2,1H3. The first-order valence-corrected chi connectivity index (χ1v) is 11.4. The third kappa shape index (κ3) is 5.81. The van der Waals surface area contributed by atoms with Crippen LogP contribution < -0.4 is 0 Å². The third-order valence-corrected chi connectivity index (χ3v) is 7.41. The molecule has 2 heteroatoms. The van der Waals surface area contributed by atoms with E-state index in [4.69, 9.17) is 5.26 Å². The summed E-state index contributed by atoms with van der Waals surface area (Å²) in [5.41, 5.74) is 1.20. The number of rotatable bonds is 7. The summed E-state index contributed by atoms with van der Waals surface area (Å²) in [5, 5.41) is 8.84. The zero-order valence-electron chi connectivity index (χ0n) is 17.1. The predicted molar refractivity (Wildman–Crippen MR) is 110 cm³/mol. The van der Waals surface area contributed by atoms with E-state index < -0.39 is 0 Å². The number of hydrogen-bond acceptors (Lipinski definition) is 1. The molecule has 1 aromatic rings. The van der Waals surface area contributed by atoms with Crippen LogP contribution >= 0.6 is 0 Å². The van der Waals surface area contributed by atoms with E-state index in [-0.39, 0.29) is 11.4 Å². The van der Waals surface area contributed by atoms with Crippen LogP contribution in [-0.4, -0.2) is 0 Å². The summed E-state index contributed by atoms with van der Waals surface area (Å²) in [4.78, 5) is 0. The minimum absolute atomic E-state index is 0.156. The van der Waals surface area contributed by atoms with Crippen molar-refractivity contribution in [3.8, 4) is 6.07 Å². The van der Waals surface area contributed by atoms with Crippen molar-refractivity contribution in [3.05, 3.63) is 35.1 Å². The molecule has 2 aliphatic rings. The third-order valence-electron chi connectivity index (χ3n) is 7.41. The number of nitriles is 1. The van der Waals surface area contributed by atoms with Crippen molar-refractivity contribution < 1.29 is 4.39 Å². The second kappa shape index (κ2) is 10.3. The van der Waals surface area contributed by atoms with E-state index in [0.717, 1.165) is 35.7 Å². The van der Waals surface area contributed by atoms with E-state index in [1.165, 1.54) is 77.0 Å². The minimum Gasteiger partial charge on any atom is -0.206 e. The van der Waals surface area contributed by atoms with Crippen LogP contribution in [0.2, 0.25) is 0 Å². The molecule has 0 aromatic heterocycles. The minimum atomic E-state index is -0.367. The van der Waals surface area contributed by atoms with Crippen LogP contribution in [0.4, 0.5) is 4.39 Å². The number of unbranched alkanes of at least 4 members (excludes halogenated alkanes) is 1. The number of aryl methyl sites for hydroxylation is 1. The lowest BCUT2D eigenvalue weighted by atomic mass is 9.68. The SMILES string of the molecule is CCCCC1CCC(C2CCC(CCc3ccc(C#N)c(F)c3)CC2)CC1. The molecular weight excluding hydrogens is 333 g/mol. The van der Waals surface area contributed by atoms with Gasteiger partial charge in [-0.2, -0.15) is 5.26 Å². The maximum atomic E-state index is 13.7. The van der Waals surface area contributed by atoms with Gasteiger partial charge in [-0.05, 0) is 79.9 Å². The van der Waals surface area contributed by atoms with Gasteiger partial charge < -0.3 is 0 Å². The molecule has 0 heterocycles. The summed E-state index contributed by atoms with van der Waals surface area (Å²) in [7, 11) is 0. The molecule has 0 unspecified atom stereocenters. The van der Waals surface area contributed by atoms with Gasteiger partial charge in [0.05, 0.1) is 5.56 Å². The highest BCUT2D eigenvalue weighted by Crippen LogP contribution is 2.43. The van der Waals surface area contributed by atoms with Crippen LogP contribution in [-0.2, 0) is 6.42 Å². The molecule has 1 nitrogen and oxygen atoms in total. The van der Waals surface area contributed by atoms with Crippen molar-refractivity contribution in [2.45, 2.75) is 90.4 Å². The Labute approximate surface area is 165 Å². The lowest BCUT2D eigenvalue weighted by molar-refractivity contribution is 0.140. The van der Waals surface area contributed by atoms with E-state index in [1.807, 2.05) is 12.1 Å². The molecule has 0 aliphatic heterocycles. The van der Waals surface area contributed by atoms with Gasteiger partial charge in [-0.25, -0.2) is 4.39 Å². The Hall–Kier alpha value is -1.36. The summed E-state index contributed by atoms with van der Waals surface area (Å²) >= 11 is 0. The maximum absolute atomic E-state index is 13.7. The molecule has 2 fully saturated rings. The summed E-state index contributed by atoms with van der Waals surface area (Å²) in [6, 6.07) is 7.00. The fraction of sp³-hybridized carbons (Fsp3) is 0.720.